The second kappa shape index (κ2) is 6.20. The summed E-state index contributed by atoms with van der Waals surface area (Å²) in [7, 11) is 1.62. The van der Waals surface area contributed by atoms with Crippen LogP contribution in [0.25, 0.3) is 0 Å². The quantitative estimate of drug-likeness (QED) is 0.911. The van der Waals surface area contributed by atoms with E-state index in [9.17, 15) is 9.90 Å². The van der Waals surface area contributed by atoms with Crippen molar-refractivity contribution in [1.82, 2.24) is 5.32 Å². The zero-order chi connectivity index (χ0) is 15.5. The highest BCUT2D eigenvalue weighted by Crippen LogP contribution is 2.29. The van der Waals surface area contributed by atoms with Crippen LogP contribution in [-0.2, 0) is 24.2 Å². The number of rotatable bonds is 4. The van der Waals surface area contributed by atoms with Gasteiger partial charge >= 0.3 is 0 Å². The lowest BCUT2D eigenvalue weighted by atomic mass is 10.1. The van der Waals surface area contributed by atoms with Crippen LogP contribution in [0.5, 0.6) is 5.75 Å². The van der Waals surface area contributed by atoms with E-state index in [4.69, 9.17) is 4.74 Å². The summed E-state index contributed by atoms with van der Waals surface area (Å²) < 4.78 is 5.14. The summed E-state index contributed by atoms with van der Waals surface area (Å²) in [5.41, 5.74) is 3.57. The van der Waals surface area contributed by atoms with Crippen molar-refractivity contribution < 1.29 is 14.6 Å². The van der Waals surface area contributed by atoms with Gasteiger partial charge in [-0.1, -0.05) is 30.3 Å². The highest BCUT2D eigenvalue weighted by Gasteiger charge is 2.25. The molecule has 2 N–H and O–H groups in total. The van der Waals surface area contributed by atoms with E-state index in [2.05, 4.69) is 5.32 Å². The number of hydrogen-bond donors (Lipinski definition) is 2. The molecule has 0 fully saturated rings. The molecule has 1 atom stereocenters. The summed E-state index contributed by atoms with van der Waals surface area (Å²) in [5.74, 6) is 0.221. The molecule has 0 spiro atoms. The zero-order valence-electron chi connectivity index (χ0n) is 12.5. The fourth-order valence-electron chi connectivity index (χ4n) is 3.02. The third-order valence-electron chi connectivity index (χ3n) is 4.06. The minimum absolute atomic E-state index is 0.0198. The van der Waals surface area contributed by atoms with Crippen LogP contribution in [0, 0.1) is 0 Å². The predicted octanol–water partition coefficient (Wildman–Crippen LogP) is 2.44. The molecule has 4 heteroatoms. The maximum atomic E-state index is 12.5. The number of phenols is 1. The van der Waals surface area contributed by atoms with Crippen LogP contribution in [0.4, 0.5) is 0 Å². The third-order valence-corrected chi connectivity index (χ3v) is 4.06. The average molecular weight is 297 g/mol. The van der Waals surface area contributed by atoms with Gasteiger partial charge in [0.2, 0.25) is 0 Å². The molecule has 2 aromatic carbocycles. The van der Waals surface area contributed by atoms with Crippen LogP contribution < -0.4 is 5.32 Å². The Hall–Kier alpha value is -2.33. The van der Waals surface area contributed by atoms with Gasteiger partial charge in [0.15, 0.2) is 0 Å². The Morgan fingerprint density at radius 2 is 2.05 bits per heavy atom. The minimum atomic E-state index is -0.0926. The van der Waals surface area contributed by atoms with E-state index in [0.717, 1.165) is 23.1 Å². The minimum Gasteiger partial charge on any atom is -0.508 e. The number of nitrogens with one attached hydrogen (secondary N) is 1. The maximum Gasteiger partial charge on any atom is 0.251 e. The smallest absolute Gasteiger partial charge is 0.251 e. The molecular formula is C18H19NO3. The van der Waals surface area contributed by atoms with Gasteiger partial charge in [-0.25, -0.2) is 0 Å². The molecule has 0 saturated heterocycles. The Balaban J connectivity index is 1.73. The molecule has 2 aromatic rings. The Morgan fingerprint density at radius 1 is 1.23 bits per heavy atom. The monoisotopic (exact) mass is 297 g/mol. The normalized spacial score (nSPS) is 16.3. The number of methoxy groups -OCH3 is 1. The SMILES string of the molecule is COCc1ccccc1C(=O)N[C@H]1Cc2cccc(O)c2C1. The molecule has 3 rings (SSSR count). The highest BCUT2D eigenvalue weighted by atomic mass is 16.5. The molecule has 0 aromatic heterocycles. The molecule has 0 aliphatic heterocycles. The first-order valence-corrected chi connectivity index (χ1v) is 7.36. The summed E-state index contributed by atoms with van der Waals surface area (Å²) in [5, 5.41) is 12.9. The van der Waals surface area contributed by atoms with E-state index in [-0.39, 0.29) is 11.9 Å². The Morgan fingerprint density at radius 3 is 2.82 bits per heavy atom. The Labute approximate surface area is 129 Å². The molecule has 0 radical (unpaired) electrons. The van der Waals surface area contributed by atoms with Crippen LogP contribution in [-0.4, -0.2) is 24.2 Å². The number of fused-ring (bicyclic) bond motifs is 1. The van der Waals surface area contributed by atoms with Crippen molar-refractivity contribution >= 4 is 5.91 Å². The van der Waals surface area contributed by atoms with Gasteiger partial charge < -0.3 is 15.2 Å². The molecule has 22 heavy (non-hydrogen) atoms. The van der Waals surface area contributed by atoms with Crippen molar-refractivity contribution in [3.05, 3.63) is 64.7 Å². The summed E-state index contributed by atoms with van der Waals surface area (Å²) >= 11 is 0. The molecule has 1 aliphatic rings. The van der Waals surface area contributed by atoms with Crippen molar-refractivity contribution in [1.29, 1.82) is 0 Å². The van der Waals surface area contributed by atoms with Crippen LogP contribution >= 0.6 is 0 Å². The van der Waals surface area contributed by atoms with E-state index >= 15 is 0 Å². The second-order valence-electron chi connectivity index (χ2n) is 5.58. The molecule has 0 bridgehead atoms. The molecular weight excluding hydrogens is 278 g/mol. The molecule has 0 saturated carbocycles. The summed E-state index contributed by atoms with van der Waals surface area (Å²) in [6.07, 6.45) is 1.42. The Kier molecular flexibility index (Phi) is 4.11. The van der Waals surface area contributed by atoms with Gasteiger partial charge in [0.05, 0.1) is 6.61 Å². The fraction of sp³-hybridized carbons (Fsp3) is 0.278. The number of phenolic OH excluding ortho intramolecular Hbond substituents is 1. The molecule has 0 heterocycles. The van der Waals surface area contributed by atoms with Gasteiger partial charge in [-0.2, -0.15) is 0 Å². The molecule has 4 nitrogen and oxygen atoms in total. The summed E-state index contributed by atoms with van der Waals surface area (Å²) in [4.78, 5) is 12.5. The van der Waals surface area contributed by atoms with E-state index in [1.165, 1.54) is 0 Å². The van der Waals surface area contributed by atoms with Gasteiger partial charge in [0.25, 0.3) is 5.91 Å². The number of carbonyl (C=O) groups is 1. The number of hydrogen-bond acceptors (Lipinski definition) is 3. The topological polar surface area (TPSA) is 58.6 Å². The van der Waals surface area contributed by atoms with Crippen LogP contribution in [0.1, 0.15) is 27.0 Å². The van der Waals surface area contributed by atoms with Crippen molar-refractivity contribution in [2.45, 2.75) is 25.5 Å². The molecule has 114 valence electrons. The number of ether oxygens (including phenoxy) is 1. The lowest BCUT2D eigenvalue weighted by molar-refractivity contribution is 0.0933. The number of carbonyl (C=O) groups excluding carboxylic acids is 1. The second-order valence-corrected chi connectivity index (χ2v) is 5.58. The number of benzene rings is 2. The van der Waals surface area contributed by atoms with Gasteiger partial charge in [0.1, 0.15) is 5.75 Å². The van der Waals surface area contributed by atoms with E-state index in [1.54, 1.807) is 13.2 Å². The van der Waals surface area contributed by atoms with Gasteiger partial charge in [-0.05, 0) is 41.7 Å². The summed E-state index contributed by atoms with van der Waals surface area (Å²) in [6, 6.07) is 13.0. The van der Waals surface area contributed by atoms with E-state index in [0.29, 0.717) is 24.3 Å². The molecule has 0 unspecified atom stereocenters. The van der Waals surface area contributed by atoms with Crippen molar-refractivity contribution in [2.75, 3.05) is 7.11 Å². The largest absolute Gasteiger partial charge is 0.508 e. The molecule has 1 aliphatic carbocycles. The maximum absolute atomic E-state index is 12.5. The fourth-order valence-corrected chi connectivity index (χ4v) is 3.02. The van der Waals surface area contributed by atoms with Crippen molar-refractivity contribution in [3.63, 3.8) is 0 Å². The molecule has 1 amide bonds. The lowest BCUT2D eigenvalue weighted by Crippen LogP contribution is -2.35. The zero-order valence-corrected chi connectivity index (χ0v) is 12.5. The van der Waals surface area contributed by atoms with Gasteiger partial charge in [0, 0.05) is 18.7 Å². The number of amides is 1. The van der Waals surface area contributed by atoms with Crippen LogP contribution in [0.15, 0.2) is 42.5 Å². The average Bonchev–Trinajstić information content (AvgIpc) is 2.92. The third kappa shape index (κ3) is 2.83. The number of aromatic hydroxyl groups is 1. The highest BCUT2D eigenvalue weighted by molar-refractivity contribution is 5.95. The van der Waals surface area contributed by atoms with E-state index in [1.807, 2.05) is 36.4 Å². The van der Waals surface area contributed by atoms with Gasteiger partial charge in [-0.3, -0.25) is 4.79 Å². The van der Waals surface area contributed by atoms with Crippen molar-refractivity contribution in [3.8, 4) is 5.75 Å². The first kappa shape index (κ1) is 14.6. The van der Waals surface area contributed by atoms with Crippen molar-refractivity contribution in [2.24, 2.45) is 0 Å². The van der Waals surface area contributed by atoms with Crippen LogP contribution in [0.2, 0.25) is 0 Å². The summed E-state index contributed by atoms with van der Waals surface area (Å²) in [6.45, 7) is 0.412. The van der Waals surface area contributed by atoms with E-state index < -0.39 is 0 Å². The standard InChI is InChI=1S/C18H19NO3/c1-22-11-13-5-2-3-7-15(13)18(21)19-14-9-12-6-4-8-17(20)16(12)10-14/h2-8,14,20H,9-11H2,1H3,(H,19,21)/t14-/m0/s1. The van der Waals surface area contributed by atoms with Gasteiger partial charge in [-0.15, -0.1) is 0 Å². The first-order chi connectivity index (χ1) is 10.7. The Bertz CT molecular complexity index is 696. The first-order valence-electron chi connectivity index (χ1n) is 7.36. The lowest BCUT2D eigenvalue weighted by Gasteiger charge is -2.14. The van der Waals surface area contributed by atoms with Crippen LogP contribution in [0.3, 0.4) is 0 Å². The predicted molar refractivity (Wildman–Crippen MR) is 83.9 cm³/mol.